The maximum Gasteiger partial charge on any atom is 0.310 e. The second kappa shape index (κ2) is 6.87. The van der Waals surface area contributed by atoms with Crippen molar-refractivity contribution in [3.05, 3.63) is 58.7 Å². The van der Waals surface area contributed by atoms with Crippen LogP contribution in [0.2, 0.25) is 0 Å². The van der Waals surface area contributed by atoms with Crippen molar-refractivity contribution >= 4 is 11.9 Å². The second-order valence-corrected chi connectivity index (χ2v) is 6.30. The van der Waals surface area contributed by atoms with E-state index in [1.54, 1.807) is 13.8 Å². The van der Waals surface area contributed by atoms with Gasteiger partial charge in [-0.05, 0) is 49.9 Å². The van der Waals surface area contributed by atoms with Gasteiger partial charge in [-0.15, -0.1) is 0 Å². The van der Waals surface area contributed by atoms with Crippen molar-refractivity contribution in [2.75, 3.05) is 0 Å². The lowest BCUT2D eigenvalue weighted by Gasteiger charge is -2.19. The molecule has 4 nitrogen and oxygen atoms in total. The fourth-order valence-corrected chi connectivity index (χ4v) is 2.84. The zero-order chi connectivity index (χ0) is 18.0. The highest BCUT2D eigenvalue weighted by Gasteiger charge is 2.23. The Bertz CT molecular complexity index is 725. The number of benzene rings is 2. The monoisotopic (exact) mass is 326 g/mol. The smallest absolute Gasteiger partial charge is 0.310 e. The van der Waals surface area contributed by atoms with Gasteiger partial charge in [0.25, 0.3) is 0 Å². The predicted octanol–water partition coefficient (Wildman–Crippen LogP) is 4.35. The summed E-state index contributed by atoms with van der Waals surface area (Å²) in [7, 11) is 0. The summed E-state index contributed by atoms with van der Waals surface area (Å²) >= 11 is 0. The van der Waals surface area contributed by atoms with E-state index in [4.69, 9.17) is 0 Å². The van der Waals surface area contributed by atoms with Crippen molar-refractivity contribution in [3.63, 3.8) is 0 Å². The minimum Gasteiger partial charge on any atom is -0.481 e. The molecular weight excluding hydrogens is 304 g/mol. The summed E-state index contributed by atoms with van der Waals surface area (Å²) in [4.78, 5) is 23.0. The fraction of sp³-hybridized carbons (Fsp3) is 0.300. The van der Waals surface area contributed by atoms with E-state index in [1.807, 2.05) is 50.2 Å². The van der Waals surface area contributed by atoms with Crippen LogP contribution in [0.3, 0.4) is 0 Å². The maximum absolute atomic E-state index is 11.5. The Morgan fingerprint density at radius 1 is 0.750 bits per heavy atom. The Hall–Kier alpha value is -2.62. The lowest BCUT2D eigenvalue weighted by atomic mass is 9.84. The van der Waals surface area contributed by atoms with Gasteiger partial charge in [0.2, 0.25) is 0 Å². The number of carbonyl (C=O) groups is 2. The van der Waals surface area contributed by atoms with Gasteiger partial charge in [0, 0.05) is 0 Å². The molecule has 0 aromatic heterocycles. The van der Waals surface area contributed by atoms with E-state index in [1.165, 1.54) is 0 Å². The molecule has 0 spiro atoms. The van der Waals surface area contributed by atoms with Crippen LogP contribution >= 0.6 is 0 Å². The molecule has 0 heterocycles. The maximum atomic E-state index is 11.5. The summed E-state index contributed by atoms with van der Waals surface area (Å²) in [6.07, 6.45) is 0. The molecule has 0 saturated heterocycles. The number of rotatable bonds is 5. The molecule has 0 saturated carbocycles. The van der Waals surface area contributed by atoms with E-state index in [2.05, 4.69) is 0 Å². The zero-order valence-electron chi connectivity index (χ0n) is 14.3. The zero-order valence-corrected chi connectivity index (χ0v) is 14.3. The number of aryl methyl sites for hydroxylation is 2. The molecular formula is C20H22O4. The van der Waals surface area contributed by atoms with E-state index >= 15 is 0 Å². The number of aliphatic carboxylic acids is 2. The Morgan fingerprint density at radius 2 is 1.08 bits per heavy atom. The fourth-order valence-electron chi connectivity index (χ4n) is 2.84. The van der Waals surface area contributed by atoms with Crippen LogP contribution in [0.25, 0.3) is 11.1 Å². The quantitative estimate of drug-likeness (QED) is 0.857. The first-order chi connectivity index (χ1) is 11.2. The average Bonchev–Trinajstić information content (AvgIpc) is 2.53. The van der Waals surface area contributed by atoms with Crippen LogP contribution in [0.1, 0.15) is 47.9 Å². The van der Waals surface area contributed by atoms with Gasteiger partial charge in [-0.2, -0.15) is 0 Å². The Morgan fingerprint density at radius 3 is 1.38 bits per heavy atom. The van der Waals surface area contributed by atoms with E-state index in [-0.39, 0.29) is 0 Å². The molecule has 24 heavy (non-hydrogen) atoms. The van der Waals surface area contributed by atoms with Crippen LogP contribution in [0.4, 0.5) is 0 Å². The summed E-state index contributed by atoms with van der Waals surface area (Å²) in [5.74, 6) is -3.15. The highest BCUT2D eigenvalue weighted by molar-refractivity contribution is 5.85. The van der Waals surface area contributed by atoms with Crippen LogP contribution < -0.4 is 0 Å². The van der Waals surface area contributed by atoms with Crippen LogP contribution in [-0.4, -0.2) is 22.2 Å². The van der Waals surface area contributed by atoms with Crippen LogP contribution in [0.5, 0.6) is 0 Å². The van der Waals surface area contributed by atoms with Crippen molar-refractivity contribution in [2.45, 2.75) is 39.5 Å². The van der Waals surface area contributed by atoms with Crippen LogP contribution in [-0.2, 0) is 9.59 Å². The molecule has 0 bridgehead atoms. The third-order valence-corrected chi connectivity index (χ3v) is 4.38. The number of hydrogen-bond donors (Lipinski definition) is 2. The number of carboxylic acid groups (broad SMARTS) is 2. The molecule has 0 aliphatic heterocycles. The van der Waals surface area contributed by atoms with Crippen LogP contribution in [0.15, 0.2) is 36.4 Å². The summed E-state index contributed by atoms with van der Waals surface area (Å²) in [5.41, 5.74) is 4.90. The number of carboxylic acids is 2. The third-order valence-electron chi connectivity index (χ3n) is 4.38. The summed E-state index contributed by atoms with van der Waals surface area (Å²) in [5, 5.41) is 18.8. The lowest BCUT2D eigenvalue weighted by molar-refractivity contribution is -0.139. The molecule has 0 amide bonds. The van der Waals surface area contributed by atoms with Gasteiger partial charge in [-0.3, -0.25) is 9.59 Å². The second-order valence-electron chi connectivity index (χ2n) is 6.30. The van der Waals surface area contributed by atoms with E-state index < -0.39 is 23.8 Å². The highest BCUT2D eigenvalue weighted by Crippen LogP contribution is 2.36. The molecule has 2 aromatic rings. The van der Waals surface area contributed by atoms with Gasteiger partial charge < -0.3 is 10.2 Å². The van der Waals surface area contributed by atoms with Crippen molar-refractivity contribution in [1.29, 1.82) is 0 Å². The SMILES string of the molecule is Cc1ccc(-c2ccc(C)cc2C(C)C(=O)O)c(C(C)C(=O)O)c1. The lowest BCUT2D eigenvalue weighted by Crippen LogP contribution is -2.12. The summed E-state index contributed by atoms with van der Waals surface area (Å²) in [6, 6.07) is 11.3. The van der Waals surface area contributed by atoms with E-state index in [0.717, 1.165) is 22.3 Å². The third kappa shape index (κ3) is 3.48. The standard InChI is InChI=1S/C20H22O4/c1-11-5-7-15(17(9-11)13(3)19(21)22)16-8-6-12(2)10-18(16)14(4)20(23)24/h5-10,13-14H,1-4H3,(H,21,22)(H,23,24). The molecule has 0 aliphatic carbocycles. The Labute approximate surface area is 141 Å². The van der Waals surface area contributed by atoms with Crippen molar-refractivity contribution in [2.24, 2.45) is 0 Å². The predicted molar refractivity (Wildman–Crippen MR) is 93.5 cm³/mol. The van der Waals surface area contributed by atoms with Gasteiger partial charge in [-0.25, -0.2) is 0 Å². The van der Waals surface area contributed by atoms with Gasteiger partial charge in [0.15, 0.2) is 0 Å². The minimum absolute atomic E-state index is 0.672. The van der Waals surface area contributed by atoms with E-state index in [0.29, 0.717) is 11.1 Å². The Kier molecular flexibility index (Phi) is 5.07. The largest absolute Gasteiger partial charge is 0.481 e. The van der Waals surface area contributed by atoms with E-state index in [9.17, 15) is 19.8 Å². The topological polar surface area (TPSA) is 74.6 Å². The molecule has 0 radical (unpaired) electrons. The first-order valence-corrected chi connectivity index (χ1v) is 7.89. The normalized spacial score (nSPS) is 13.3. The van der Waals surface area contributed by atoms with Crippen molar-refractivity contribution in [1.82, 2.24) is 0 Å². The molecule has 0 aliphatic rings. The molecule has 2 atom stereocenters. The van der Waals surface area contributed by atoms with Crippen molar-refractivity contribution < 1.29 is 19.8 Å². The molecule has 2 N–H and O–H groups in total. The van der Waals surface area contributed by atoms with Gasteiger partial charge in [0.1, 0.15) is 0 Å². The molecule has 0 fully saturated rings. The van der Waals surface area contributed by atoms with Crippen LogP contribution in [0, 0.1) is 13.8 Å². The van der Waals surface area contributed by atoms with Gasteiger partial charge >= 0.3 is 11.9 Å². The molecule has 4 heteroatoms. The first-order valence-electron chi connectivity index (χ1n) is 7.89. The summed E-state index contributed by atoms with van der Waals surface area (Å²) in [6.45, 7) is 7.12. The molecule has 2 aromatic carbocycles. The molecule has 2 unspecified atom stereocenters. The summed E-state index contributed by atoms with van der Waals surface area (Å²) < 4.78 is 0. The molecule has 2 rings (SSSR count). The van der Waals surface area contributed by atoms with Crippen molar-refractivity contribution in [3.8, 4) is 11.1 Å². The Balaban J connectivity index is 2.73. The molecule has 126 valence electrons. The highest BCUT2D eigenvalue weighted by atomic mass is 16.4. The minimum atomic E-state index is -0.901. The van der Waals surface area contributed by atoms with Gasteiger partial charge in [0.05, 0.1) is 11.8 Å². The first kappa shape index (κ1) is 17.7. The number of hydrogen-bond acceptors (Lipinski definition) is 2. The van der Waals surface area contributed by atoms with Gasteiger partial charge in [-0.1, -0.05) is 47.5 Å². The average molecular weight is 326 g/mol.